The van der Waals surface area contributed by atoms with Crippen LogP contribution in [-0.2, 0) is 11.2 Å². The van der Waals surface area contributed by atoms with Gasteiger partial charge in [-0.05, 0) is 44.1 Å². The molecule has 1 aromatic heterocycles. The molecule has 2 aromatic rings. The van der Waals surface area contributed by atoms with Crippen molar-refractivity contribution in [1.82, 2.24) is 15.3 Å². The zero-order valence-corrected chi connectivity index (χ0v) is 15.9. The molecule has 3 rings (SSSR count). The van der Waals surface area contributed by atoms with Crippen molar-refractivity contribution in [3.05, 3.63) is 47.3 Å². The largest absolute Gasteiger partial charge is 0.353 e. The van der Waals surface area contributed by atoms with Gasteiger partial charge in [-0.1, -0.05) is 49.0 Å². The lowest BCUT2D eigenvalue weighted by Gasteiger charge is -2.26. The summed E-state index contributed by atoms with van der Waals surface area (Å²) in [4.78, 5) is 20.1. The molecule has 0 bridgehead atoms. The molecule has 1 fully saturated rings. The number of rotatable bonds is 6. The van der Waals surface area contributed by atoms with Crippen LogP contribution >= 0.6 is 11.8 Å². The van der Waals surface area contributed by atoms with Gasteiger partial charge in [-0.15, -0.1) is 0 Å². The standard InChI is InChI=1S/C20H27N3OS/c1-14-8-10-17(11-9-14)22-19(24)13-25-20-21-15(2)18(23-20)12-16-6-4-3-5-7-16/h3-7,14,17H,8-13H2,1-2H3,(H,21,23)(H,22,24). The highest BCUT2D eigenvalue weighted by Crippen LogP contribution is 2.24. The van der Waals surface area contributed by atoms with Crippen LogP contribution in [-0.4, -0.2) is 27.7 Å². The Kier molecular flexibility index (Phi) is 6.19. The maximum Gasteiger partial charge on any atom is 0.230 e. The number of aryl methyl sites for hydroxylation is 1. The molecule has 0 aliphatic heterocycles. The number of benzene rings is 1. The molecule has 1 aliphatic rings. The van der Waals surface area contributed by atoms with E-state index in [9.17, 15) is 4.79 Å². The summed E-state index contributed by atoms with van der Waals surface area (Å²) in [5, 5.41) is 4.00. The summed E-state index contributed by atoms with van der Waals surface area (Å²) in [6, 6.07) is 10.7. The number of nitrogens with zero attached hydrogens (tertiary/aromatic N) is 1. The lowest BCUT2D eigenvalue weighted by atomic mass is 9.87. The van der Waals surface area contributed by atoms with E-state index < -0.39 is 0 Å². The highest BCUT2D eigenvalue weighted by Gasteiger charge is 2.20. The Labute approximate surface area is 154 Å². The Bertz CT molecular complexity index is 690. The quantitative estimate of drug-likeness (QED) is 0.766. The fourth-order valence-electron chi connectivity index (χ4n) is 3.30. The van der Waals surface area contributed by atoms with Crippen molar-refractivity contribution >= 4 is 17.7 Å². The van der Waals surface area contributed by atoms with Gasteiger partial charge >= 0.3 is 0 Å². The number of hydrogen-bond donors (Lipinski definition) is 2. The molecule has 0 saturated heterocycles. The number of nitrogens with one attached hydrogen (secondary N) is 2. The smallest absolute Gasteiger partial charge is 0.230 e. The first kappa shape index (κ1) is 18.1. The van der Waals surface area contributed by atoms with Crippen molar-refractivity contribution in [2.75, 3.05) is 5.75 Å². The number of aromatic nitrogens is 2. The predicted octanol–water partition coefficient (Wildman–Crippen LogP) is 4.10. The molecule has 0 unspecified atom stereocenters. The van der Waals surface area contributed by atoms with Crippen molar-refractivity contribution in [1.29, 1.82) is 0 Å². The molecule has 1 aliphatic carbocycles. The van der Waals surface area contributed by atoms with Crippen LogP contribution in [0.15, 0.2) is 35.5 Å². The van der Waals surface area contributed by atoms with E-state index in [0.29, 0.717) is 11.8 Å². The van der Waals surface area contributed by atoms with E-state index in [4.69, 9.17) is 0 Å². The van der Waals surface area contributed by atoms with Crippen LogP contribution in [0.3, 0.4) is 0 Å². The number of carbonyl (C=O) groups excluding carboxylic acids is 1. The summed E-state index contributed by atoms with van der Waals surface area (Å²) < 4.78 is 0. The zero-order valence-electron chi connectivity index (χ0n) is 15.0. The maximum absolute atomic E-state index is 12.2. The summed E-state index contributed by atoms with van der Waals surface area (Å²) in [5.74, 6) is 1.34. The van der Waals surface area contributed by atoms with Gasteiger partial charge in [-0.3, -0.25) is 4.79 Å². The first-order valence-corrected chi connectivity index (χ1v) is 10.1. The van der Waals surface area contributed by atoms with Crippen molar-refractivity contribution in [2.45, 2.75) is 57.1 Å². The molecule has 0 radical (unpaired) electrons. The van der Waals surface area contributed by atoms with Crippen LogP contribution in [0.25, 0.3) is 0 Å². The van der Waals surface area contributed by atoms with E-state index >= 15 is 0 Å². The second-order valence-corrected chi connectivity index (χ2v) is 8.05. The summed E-state index contributed by atoms with van der Waals surface area (Å²) in [6.45, 7) is 4.33. The molecule has 0 spiro atoms. The fraction of sp³-hybridized carbons (Fsp3) is 0.500. The molecule has 25 heavy (non-hydrogen) atoms. The molecular weight excluding hydrogens is 330 g/mol. The predicted molar refractivity (Wildman–Crippen MR) is 103 cm³/mol. The van der Waals surface area contributed by atoms with Gasteiger partial charge in [0.25, 0.3) is 0 Å². The number of carbonyl (C=O) groups is 1. The van der Waals surface area contributed by atoms with E-state index in [1.165, 1.54) is 30.2 Å². The van der Waals surface area contributed by atoms with Gasteiger partial charge in [0.05, 0.1) is 11.4 Å². The van der Waals surface area contributed by atoms with Crippen molar-refractivity contribution in [3.63, 3.8) is 0 Å². The van der Waals surface area contributed by atoms with Gasteiger partial charge in [0.1, 0.15) is 0 Å². The lowest BCUT2D eigenvalue weighted by Crippen LogP contribution is -2.38. The fourth-order valence-corrected chi connectivity index (χ4v) is 4.06. The van der Waals surface area contributed by atoms with Crippen LogP contribution in [0.5, 0.6) is 0 Å². The third kappa shape index (κ3) is 5.36. The SMILES string of the molecule is Cc1[nH]c(SCC(=O)NC2CCC(C)CC2)nc1Cc1ccccc1. The van der Waals surface area contributed by atoms with E-state index in [0.717, 1.165) is 41.7 Å². The van der Waals surface area contributed by atoms with E-state index in [1.807, 2.05) is 25.1 Å². The molecule has 4 nitrogen and oxygen atoms in total. The van der Waals surface area contributed by atoms with Gasteiger partial charge in [-0.2, -0.15) is 0 Å². The van der Waals surface area contributed by atoms with Crippen LogP contribution < -0.4 is 5.32 Å². The summed E-state index contributed by atoms with van der Waals surface area (Å²) in [7, 11) is 0. The van der Waals surface area contributed by atoms with Gasteiger partial charge in [0.15, 0.2) is 5.16 Å². The third-order valence-electron chi connectivity index (χ3n) is 4.90. The number of hydrogen-bond acceptors (Lipinski definition) is 3. The number of H-pyrrole nitrogens is 1. The molecule has 0 atom stereocenters. The molecule has 1 amide bonds. The number of imidazole rings is 1. The van der Waals surface area contributed by atoms with Gasteiger partial charge in [0, 0.05) is 18.2 Å². The minimum absolute atomic E-state index is 0.114. The second-order valence-electron chi connectivity index (χ2n) is 7.09. The number of aromatic amines is 1. The second kappa shape index (κ2) is 8.56. The monoisotopic (exact) mass is 357 g/mol. The van der Waals surface area contributed by atoms with Crippen molar-refractivity contribution < 1.29 is 4.79 Å². The van der Waals surface area contributed by atoms with Crippen LogP contribution in [0.1, 0.15) is 49.6 Å². The van der Waals surface area contributed by atoms with Crippen LogP contribution in [0.2, 0.25) is 0 Å². The highest BCUT2D eigenvalue weighted by atomic mass is 32.2. The first-order chi connectivity index (χ1) is 12.1. The Morgan fingerprint density at radius 2 is 1.96 bits per heavy atom. The lowest BCUT2D eigenvalue weighted by molar-refractivity contribution is -0.119. The zero-order chi connectivity index (χ0) is 17.6. The number of amides is 1. The summed E-state index contributed by atoms with van der Waals surface area (Å²) >= 11 is 1.48. The van der Waals surface area contributed by atoms with Gasteiger partial charge in [0.2, 0.25) is 5.91 Å². The Hall–Kier alpha value is -1.75. The van der Waals surface area contributed by atoms with Gasteiger partial charge in [-0.25, -0.2) is 4.98 Å². The summed E-state index contributed by atoms with van der Waals surface area (Å²) in [5.41, 5.74) is 3.38. The van der Waals surface area contributed by atoms with Gasteiger partial charge < -0.3 is 10.3 Å². The Balaban J connectivity index is 1.48. The van der Waals surface area contributed by atoms with Crippen molar-refractivity contribution in [2.24, 2.45) is 5.92 Å². The molecule has 2 N–H and O–H groups in total. The van der Waals surface area contributed by atoms with E-state index in [1.54, 1.807) is 0 Å². The first-order valence-electron chi connectivity index (χ1n) is 9.11. The molecule has 134 valence electrons. The maximum atomic E-state index is 12.2. The minimum atomic E-state index is 0.114. The third-order valence-corrected chi connectivity index (χ3v) is 5.77. The van der Waals surface area contributed by atoms with E-state index in [-0.39, 0.29) is 5.91 Å². The normalized spacial score (nSPS) is 20.4. The number of thioether (sulfide) groups is 1. The molecule has 1 saturated carbocycles. The summed E-state index contributed by atoms with van der Waals surface area (Å²) in [6.07, 6.45) is 5.48. The highest BCUT2D eigenvalue weighted by molar-refractivity contribution is 7.99. The minimum Gasteiger partial charge on any atom is -0.353 e. The van der Waals surface area contributed by atoms with Crippen molar-refractivity contribution in [3.8, 4) is 0 Å². The Morgan fingerprint density at radius 1 is 1.24 bits per heavy atom. The molecule has 1 heterocycles. The Morgan fingerprint density at radius 3 is 2.68 bits per heavy atom. The van der Waals surface area contributed by atoms with E-state index in [2.05, 4.69) is 34.3 Å². The molecule has 5 heteroatoms. The topological polar surface area (TPSA) is 57.8 Å². The average molecular weight is 358 g/mol. The van der Waals surface area contributed by atoms with Crippen LogP contribution in [0.4, 0.5) is 0 Å². The molecule has 1 aromatic carbocycles. The van der Waals surface area contributed by atoms with Crippen LogP contribution in [0, 0.1) is 12.8 Å². The average Bonchev–Trinajstić information content (AvgIpc) is 2.96. The molecular formula is C20H27N3OS.